The predicted octanol–water partition coefficient (Wildman–Crippen LogP) is 2.35. The topological polar surface area (TPSA) is 55.1 Å². The number of amides is 1. The first-order valence-electron chi connectivity index (χ1n) is 7.40. The summed E-state index contributed by atoms with van der Waals surface area (Å²) in [6, 6.07) is 9.81. The molecule has 1 fully saturated rings. The summed E-state index contributed by atoms with van der Waals surface area (Å²) >= 11 is 2.00. The van der Waals surface area contributed by atoms with E-state index in [0.29, 0.717) is 17.7 Å². The second kappa shape index (κ2) is 7.70. The molecule has 1 aromatic carbocycles. The smallest absolute Gasteiger partial charge is 0.237 e. The third kappa shape index (κ3) is 4.53. The Morgan fingerprint density at radius 3 is 2.85 bits per heavy atom. The van der Waals surface area contributed by atoms with E-state index in [1.54, 1.807) is 0 Å². The van der Waals surface area contributed by atoms with Gasteiger partial charge in [0, 0.05) is 11.3 Å². The molecule has 1 amide bonds. The fraction of sp³-hybridized carbons (Fsp3) is 0.562. The molecule has 1 saturated carbocycles. The highest BCUT2D eigenvalue weighted by molar-refractivity contribution is 7.99. The molecule has 0 aromatic heterocycles. The molecular formula is C16H24N2OS. The molecule has 2 unspecified atom stereocenters. The molecule has 3 atom stereocenters. The average molecular weight is 292 g/mol. The Balaban J connectivity index is 1.77. The van der Waals surface area contributed by atoms with Crippen molar-refractivity contribution in [1.29, 1.82) is 0 Å². The highest BCUT2D eigenvalue weighted by atomic mass is 32.2. The van der Waals surface area contributed by atoms with Crippen LogP contribution in [0.15, 0.2) is 30.3 Å². The molecule has 0 aliphatic heterocycles. The fourth-order valence-electron chi connectivity index (χ4n) is 2.73. The highest BCUT2D eigenvalue weighted by Gasteiger charge is 2.27. The number of nitrogens with two attached hydrogens (primary N) is 1. The number of hydrogen-bond acceptors (Lipinski definition) is 3. The summed E-state index contributed by atoms with van der Waals surface area (Å²) in [5.74, 6) is 1.14. The van der Waals surface area contributed by atoms with E-state index < -0.39 is 6.04 Å². The molecule has 0 radical (unpaired) electrons. The molecule has 0 bridgehead atoms. The Morgan fingerprint density at radius 2 is 2.15 bits per heavy atom. The zero-order chi connectivity index (χ0) is 14.4. The first-order valence-corrected chi connectivity index (χ1v) is 8.45. The lowest BCUT2D eigenvalue weighted by molar-refractivity contribution is -0.123. The van der Waals surface area contributed by atoms with Crippen LogP contribution in [0.3, 0.4) is 0 Å². The summed E-state index contributed by atoms with van der Waals surface area (Å²) in [6.45, 7) is 2.19. The minimum absolute atomic E-state index is 0.0130. The quantitative estimate of drug-likeness (QED) is 0.846. The Bertz CT molecular complexity index is 424. The zero-order valence-corrected chi connectivity index (χ0v) is 12.9. The number of carbonyl (C=O) groups excluding carboxylic acids is 1. The monoisotopic (exact) mass is 292 g/mol. The van der Waals surface area contributed by atoms with Crippen molar-refractivity contribution >= 4 is 17.7 Å². The van der Waals surface area contributed by atoms with Gasteiger partial charge in [0.05, 0.1) is 6.04 Å². The van der Waals surface area contributed by atoms with Crippen LogP contribution in [-0.2, 0) is 11.2 Å². The van der Waals surface area contributed by atoms with Gasteiger partial charge in [0.1, 0.15) is 0 Å². The summed E-state index contributed by atoms with van der Waals surface area (Å²) in [5.41, 5.74) is 7.12. The van der Waals surface area contributed by atoms with Gasteiger partial charge < -0.3 is 11.1 Å². The molecule has 4 heteroatoms. The minimum Gasteiger partial charge on any atom is -0.352 e. The van der Waals surface area contributed by atoms with E-state index in [0.717, 1.165) is 24.2 Å². The number of thioether (sulfide) groups is 1. The summed E-state index contributed by atoms with van der Waals surface area (Å²) in [7, 11) is 0. The summed E-state index contributed by atoms with van der Waals surface area (Å²) < 4.78 is 0. The standard InChI is InChI=1S/C16H24N2OS/c1-2-20-14-9-8-13(11-14)18-16(19)15(17)10-12-6-4-3-5-7-12/h3-7,13-15H,2,8-11,17H2,1H3,(H,18,19)/t13?,14?,15-/m1/s1. The van der Waals surface area contributed by atoms with Crippen LogP contribution in [0.4, 0.5) is 0 Å². The van der Waals surface area contributed by atoms with Crippen LogP contribution in [0.5, 0.6) is 0 Å². The van der Waals surface area contributed by atoms with Gasteiger partial charge in [0.15, 0.2) is 0 Å². The maximum atomic E-state index is 12.1. The lowest BCUT2D eigenvalue weighted by atomic mass is 10.1. The van der Waals surface area contributed by atoms with Gasteiger partial charge in [-0.15, -0.1) is 0 Å². The molecule has 3 N–H and O–H groups in total. The van der Waals surface area contributed by atoms with Crippen LogP contribution in [-0.4, -0.2) is 29.0 Å². The molecule has 0 heterocycles. The van der Waals surface area contributed by atoms with Crippen molar-refractivity contribution in [3.8, 4) is 0 Å². The molecule has 1 aromatic rings. The van der Waals surface area contributed by atoms with Crippen molar-refractivity contribution in [2.24, 2.45) is 5.73 Å². The van der Waals surface area contributed by atoms with Gasteiger partial charge in [-0.2, -0.15) is 11.8 Å². The fourth-order valence-corrected chi connectivity index (χ4v) is 3.87. The van der Waals surface area contributed by atoms with Crippen molar-refractivity contribution in [1.82, 2.24) is 5.32 Å². The van der Waals surface area contributed by atoms with Crippen LogP contribution in [0.1, 0.15) is 31.7 Å². The van der Waals surface area contributed by atoms with Crippen molar-refractivity contribution in [2.45, 2.75) is 49.9 Å². The number of benzene rings is 1. The van der Waals surface area contributed by atoms with E-state index in [9.17, 15) is 4.79 Å². The van der Waals surface area contributed by atoms with Crippen LogP contribution in [0.2, 0.25) is 0 Å². The second-order valence-corrected chi connectivity index (χ2v) is 6.97. The van der Waals surface area contributed by atoms with Crippen LogP contribution in [0, 0.1) is 0 Å². The third-order valence-corrected chi connectivity index (χ3v) is 5.00. The first-order chi connectivity index (χ1) is 9.69. The number of nitrogens with one attached hydrogen (secondary N) is 1. The molecule has 1 aliphatic carbocycles. The van der Waals surface area contributed by atoms with Gasteiger partial charge in [-0.3, -0.25) is 4.79 Å². The van der Waals surface area contributed by atoms with Crippen LogP contribution < -0.4 is 11.1 Å². The molecule has 0 saturated heterocycles. The summed E-state index contributed by atoms with van der Waals surface area (Å²) in [5, 5.41) is 3.81. The molecule has 1 aliphatic rings. The second-order valence-electron chi connectivity index (χ2n) is 5.39. The number of hydrogen-bond donors (Lipinski definition) is 2. The Hall–Kier alpha value is -1.00. The van der Waals surface area contributed by atoms with Crippen LogP contribution >= 0.6 is 11.8 Å². The lowest BCUT2D eigenvalue weighted by Gasteiger charge is -2.17. The van der Waals surface area contributed by atoms with E-state index >= 15 is 0 Å². The van der Waals surface area contributed by atoms with E-state index in [4.69, 9.17) is 5.73 Å². The Labute approximate surface area is 125 Å². The maximum Gasteiger partial charge on any atom is 0.237 e. The molecular weight excluding hydrogens is 268 g/mol. The molecule has 3 nitrogen and oxygen atoms in total. The summed E-state index contributed by atoms with van der Waals surface area (Å²) in [4.78, 5) is 12.1. The van der Waals surface area contributed by atoms with E-state index in [2.05, 4.69) is 12.2 Å². The minimum atomic E-state index is -0.449. The molecule has 2 rings (SSSR count). The maximum absolute atomic E-state index is 12.1. The molecule has 0 spiro atoms. The van der Waals surface area contributed by atoms with E-state index in [-0.39, 0.29) is 5.91 Å². The third-order valence-electron chi connectivity index (χ3n) is 3.77. The average Bonchev–Trinajstić information content (AvgIpc) is 2.87. The zero-order valence-electron chi connectivity index (χ0n) is 12.0. The molecule has 110 valence electrons. The van der Waals surface area contributed by atoms with Crippen molar-refractivity contribution in [3.05, 3.63) is 35.9 Å². The van der Waals surface area contributed by atoms with Gasteiger partial charge in [-0.1, -0.05) is 37.3 Å². The summed E-state index contributed by atoms with van der Waals surface area (Å²) in [6.07, 6.45) is 3.98. The largest absolute Gasteiger partial charge is 0.352 e. The van der Waals surface area contributed by atoms with Gasteiger partial charge in [0.2, 0.25) is 5.91 Å². The predicted molar refractivity (Wildman–Crippen MR) is 85.8 cm³/mol. The lowest BCUT2D eigenvalue weighted by Crippen LogP contribution is -2.45. The van der Waals surface area contributed by atoms with Crippen LogP contribution in [0.25, 0.3) is 0 Å². The first kappa shape index (κ1) is 15.4. The van der Waals surface area contributed by atoms with Gasteiger partial charge in [0.25, 0.3) is 0 Å². The van der Waals surface area contributed by atoms with Crippen molar-refractivity contribution in [2.75, 3.05) is 5.75 Å². The van der Waals surface area contributed by atoms with Gasteiger partial charge in [-0.05, 0) is 37.0 Å². The molecule has 20 heavy (non-hydrogen) atoms. The SMILES string of the molecule is CCSC1CCC(NC(=O)[C@H](N)Cc2ccccc2)C1. The van der Waals surface area contributed by atoms with Gasteiger partial charge in [-0.25, -0.2) is 0 Å². The number of carbonyl (C=O) groups is 1. The van der Waals surface area contributed by atoms with E-state index in [1.165, 1.54) is 6.42 Å². The number of rotatable bonds is 6. The van der Waals surface area contributed by atoms with Crippen molar-refractivity contribution < 1.29 is 4.79 Å². The Morgan fingerprint density at radius 1 is 1.40 bits per heavy atom. The van der Waals surface area contributed by atoms with Gasteiger partial charge >= 0.3 is 0 Å². The highest BCUT2D eigenvalue weighted by Crippen LogP contribution is 2.29. The van der Waals surface area contributed by atoms with Crippen molar-refractivity contribution in [3.63, 3.8) is 0 Å². The normalized spacial score (nSPS) is 23.5. The van der Waals surface area contributed by atoms with E-state index in [1.807, 2.05) is 42.1 Å². The Kier molecular flexibility index (Phi) is 5.92.